The van der Waals surface area contributed by atoms with Gasteiger partial charge in [-0.05, 0) is 0 Å². The average Bonchev–Trinajstić information content (AvgIpc) is 3.29. The first-order chi connectivity index (χ1) is 15.8. The Labute approximate surface area is 224 Å². The minimum atomic E-state index is -2.54. The van der Waals surface area contributed by atoms with Crippen molar-refractivity contribution in [1.82, 2.24) is 3.26 Å². The van der Waals surface area contributed by atoms with Crippen LogP contribution in [0.15, 0.2) is 91.0 Å². The molecule has 0 bridgehead atoms. The number of nitrogens with one attached hydrogen (secondary N) is 1. The predicted octanol–water partition coefficient (Wildman–Crippen LogP) is -1.47. The minimum absolute atomic E-state index is 0. The van der Waals surface area contributed by atoms with Crippen molar-refractivity contribution in [3.05, 3.63) is 102 Å². The van der Waals surface area contributed by atoms with Crippen molar-refractivity contribution in [2.75, 3.05) is 0 Å². The van der Waals surface area contributed by atoms with Gasteiger partial charge >= 0.3 is 201 Å². The first-order valence-corrected chi connectivity index (χ1v) is 20.5. The number of halogens is 2. The summed E-state index contributed by atoms with van der Waals surface area (Å²) >= 11 is -2.54. The summed E-state index contributed by atoms with van der Waals surface area (Å²) < 4.78 is 4.24. The van der Waals surface area contributed by atoms with Crippen LogP contribution < -0.4 is 38.4 Å². The Hall–Kier alpha value is -1.45. The van der Waals surface area contributed by atoms with Crippen LogP contribution in [0.2, 0.25) is 0 Å². The monoisotopic (exact) mass is 584 g/mol. The fourth-order valence-corrected chi connectivity index (χ4v) is 26.3. The van der Waals surface area contributed by atoms with Gasteiger partial charge in [0.1, 0.15) is 0 Å². The topological polar surface area (TPSA) is 29.1 Å². The Kier molecular flexibility index (Phi) is 10.4. The van der Waals surface area contributed by atoms with E-state index in [1.807, 2.05) is 0 Å². The van der Waals surface area contributed by atoms with E-state index in [9.17, 15) is 4.79 Å². The van der Waals surface area contributed by atoms with Crippen molar-refractivity contribution < 1.29 is 50.8 Å². The first kappa shape index (κ1) is 27.1. The van der Waals surface area contributed by atoms with E-state index in [1.165, 1.54) is 40.8 Å². The largest absolute Gasteiger partial charge is 1.00 e. The molecule has 0 aliphatic heterocycles. The summed E-state index contributed by atoms with van der Waals surface area (Å²) in [5.41, 5.74) is 2.76. The van der Waals surface area contributed by atoms with Gasteiger partial charge in [0.05, 0.1) is 0 Å². The van der Waals surface area contributed by atoms with E-state index in [1.54, 1.807) is 0 Å². The van der Waals surface area contributed by atoms with Crippen LogP contribution in [0.1, 0.15) is 46.9 Å². The number of rotatable bonds is 6. The molecule has 2 aliphatic rings. The smallest absolute Gasteiger partial charge is 1.00 e. The summed E-state index contributed by atoms with van der Waals surface area (Å²) in [4.78, 5) is 13.6. The van der Waals surface area contributed by atoms with Crippen molar-refractivity contribution in [3.63, 3.8) is 0 Å². The third-order valence-corrected chi connectivity index (χ3v) is 26.4. The van der Waals surface area contributed by atoms with Crippen LogP contribution in [-0.4, -0.2) is 11.8 Å². The second-order valence-corrected chi connectivity index (χ2v) is 23.5. The molecule has 3 aromatic rings. The van der Waals surface area contributed by atoms with Crippen LogP contribution in [0.3, 0.4) is 0 Å². The van der Waals surface area contributed by atoms with E-state index in [-0.39, 0.29) is 30.7 Å². The van der Waals surface area contributed by atoms with Crippen LogP contribution in [0.4, 0.5) is 0 Å². The number of carbonyl (C=O) groups excluding carboxylic acids is 1. The maximum Gasteiger partial charge on any atom is -1.00 e. The van der Waals surface area contributed by atoms with Crippen LogP contribution >= 0.6 is 0 Å². The molecule has 0 heterocycles. The number of benzene rings is 3. The van der Waals surface area contributed by atoms with E-state index in [0.29, 0.717) is 9.53 Å². The molecule has 0 radical (unpaired) electrons. The van der Waals surface area contributed by atoms with Crippen molar-refractivity contribution in [2.24, 2.45) is 5.92 Å². The summed E-state index contributed by atoms with van der Waals surface area (Å²) in [5, 5.41) is 2.93. The Balaban J connectivity index is 0.00000162. The van der Waals surface area contributed by atoms with Gasteiger partial charge in [-0.25, -0.2) is 0 Å². The summed E-state index contributed by atoms with van der Waals surface area (Å²) in [7, 11) is 0. The molecule has 34 heavy (non-hydrogen) atoms. The van der Waals surface area contributed by atoms with Crippen molar-refractivity contribution in [1.29, 1.82) is 0 Å². The van der Waals surface area contributed by atoms with Gasteiger partial charge in [0, 0.05) is 0 Å². The van der Waals surface area contributed by atoms with Gasteiger partial charge in [-0.1, -0.05) is 0 Å². The molecule has 0 saturated heterocycles. The fourth-order valence-electron chi connectivity index (χ4n) is 5.30. The molecule has 175 valence electrons. The van der Waals surface area contributed by atoms with Crippen molar-refractivity contribution in [3.8, 4) is 0 Å². The summed E-state index contributed by atoms with van der Waals surface area (Å²) in [6.45, 7) is 0. The van der Waals surface area contributed by atoms with E-state index in [4.69, 9.17) is 0 Å². The SMILES string of the molecule is O=C([NH][Zr+2]([CH]1C=Cc2ccccc21)[SiH](c1ccccc1)c1ccccc1)C1CCCCC1.[Cl-].[Cl-]. The first-order valence-electron chi connectivity index (χ1n) is 11.9. The second-order valence-electron chi connectivity index (χ2n) is 9.00. The van der Waals surface area contributed by atoms with E-state index < -0.39 is 27.1 Å². The zero-order valence-corrected chi connectivity index (χ0v) is 24.3. The fraction of sp³-hybridized carbons (Fsp3) is 0.250. The third-order valence-electron chi connectivity index (χ3n) is 6.95. The number of hydrogen-bond donors (Lipinski definition) is 1. The molecule has 1 fully saturated rings. The molecule has 0 aromatic heterocycles. The van der Waals surface area contributed by atoms with Gasteiger partial charge < -0.3 is 24.8 Å². The maximum absolute atomic E-state index is 13.6. The van der Waals surface area contributed by atoms with E-state index in [2.05, 4.69) is 100 Å². The summed E-state index contributed by atoms with van der Waals surface area (Å²) in [6, 6.07) is 30.9. The summed E-state index contributed by atoms with van der Waals surface area (Å²) in [5.74, 6) is -1.02. The Morgan fingerprint density at radius 3 is 1.94 bits per heavy atom. The van der Waals surface area contributed by atoms with Crippen LogP contribution in [0, 0.1) is 5.92 Å². The van der Waals surface area contributed by atoms with Gasteiger partial charge in [0.2, 0.25) is 0 Å². The van der Waals surface area contributed by atoms with Crippen molar-refractivity contribution >= 4 is 28.3 Å². The number of allylic oxidation sites excluding steroid dienone is 1. The third kappa shape index (κ3) is 6.02. The predicted molar refractivity (Wildman–Crippen MR) is 132 cm³/mol. The molecule has 0 spiro atoms. The van der Waals surface area contributed by atoms with Gasteiger partial charge in [-0.3, -0.25) is 0 Å². The van der Waals surface area contributed by atoms with Gasteiger partial charge in [0.25, 0.3) is 0 Å². The molecule has 3 aromatic carbocycles. The Bertz CT molecular complexity index is 1050. The molecule has 1 N–H and O–H groups in total. The zero-order valence-electron chi connectivity index (χ0n) is 19.2. The molecule has 1 amide bonds. The number of carbonyl (C=O) groups is 1. The average molecular weight is 587 g/mol. The van der Waals surface area contributed by atoms with Crippen LogP contribution in [0.25, 0.3) is 6.08 Å². The molecule has 2 aliphatic carbocycles. The number of amides is 1. The molecule has 1 saturated carbocycles. The quantitative estimate of drug-likeness (QED) is 0.352. The second kappa shape index (κ2) is 13.0. The van der Waals surface area contributed by atoms with Gasteiger partial charge in [-0.15, -0.1) is 0 Å². The molecule has 1 unspecified atom stereocenters. The number of fused-ring (bicyclic) bond motifs is 1. The molecule has 5 rings (SSSR count). The van der Waals surface area contributed by atoms with Crippen LogP contribution in [0.5, 0.6) is 0 Å². The minimum Gasteiger partial charge on any atom is -1.00 e. The van der Waals surface area contributed by atoms with E-state index >= 15 is 0 Å². The molecular formula is C28H30Cl2NOSiZr. The molecular weight excluding hydrogens is 557 g/mol. The van der Waals surface area contributed by atoms with Crippen LogP contribution in [-0.2, 0) is 26.0 Å². The number of hydrogen-bond acceptors (Lipinski definition) is 1. The van der Waals surface area contributed by atoms with Gasteiger partial charge in [0.15, 0.2) is 0 Å². The summed E-state index contributed by atoms with van der Waals surface area (Å²) in [6.07, 6.45) is 10.5. The normalized spacial score (nSPS) is 16.8. The molecule has 6 heteroatoms. The maximum atomic E-state index is 13.6. The Morgan fingerprint density at radius 2 is 1.32 bits per heavy atom. The molecule has 1 atom stereocenters. The Morgan fingerprint density at radius 1 is 0.765 bits per heavy atom. The standard InChI is InChI=1S/C12H11Si.C9H7.C7H13NO.2ClH.Zr/c1-3-7-11(8-4-1)13-12-9-5-2-6-10-12;1-2-5-9-7-3-6-8(9)4-1;8-7(9)6-4-2-1-3-5-6;;;/h1-10,13H;1-7H;6H,1-5H2,(H2,8,9);2*1H;/q;;;;;+3/p-3. The van der Waals surface area contributed by atoms with E-state index in [0.717, 1.165) is 12.8 Å². The van der Waals surface area contributed by atoms with Crippen molar-refractivity contribution in [2.45, 2.75) is 35.7 Å². The molecule has 2 nitrogen and oxygen atoms in total. The van der Waals surface area contributed by atoms with Gasteiger partial charge in [-0.2, -0.15) is 0 Å². The zero-order chi connectivity index (χ0) is 21.8.